The second kappa shape index (κ2) is 3.91. The Morgan fingerprint density at radius 3 is 2.29 bits per heavy atom. The number of hydrogen-bond donors (Lipinski definition) is 1. The first kappa shape index (κ1) is 10.9. The van der Waals surface area contributed by atoms with Crippen LogP contribution in [0.4, 0.5) is 0 Å². The summed E-state index contributed by atoms with van der Waals surface area (Å²) < 4.78 is 11.3. The number of rotatable bonds is 0. The largest absolute Gasteiger partial charge is 0.490 e. The molecule has 1 N–H and O–H groups in total. The van der Waals surface area contributed by atoms with Gasteiger partial charge in [-0.2, -0.15) is 0 Å². The maximum atomic E-state index is 10.2. The van der Waals surface area contributed by atoms with Crippen molar-refractivity contribution in [1.29, 1.82) is 0 Å². The Labute approximate surface area is 101 Å². The normalized spacial score (nSPS) is 30.9. The minimum Gasteiger partial charge on any atom is -0.490 e. The van der Waals surface area contributed by atoms with Gasteiger partial charge in [0.05, 0.1) is 19.3 Å². The molecule has 0 spiro atoms. The Kier molecular flexibility index (Phi) is 2.51. The zero-order chi connectivity index (χ0) is 12.0. The summed E-state index contributed by atoms with van der Waals surface area (Å²) in [4.78, 5) is 0. The summed E-state index contributed by atoms with van der Waals surface area (Å²) in [6.07, 6.45) is 0.533. The molecule has 17 heavy (non-hydrogen) atoms. The van der Waals surface area contributed by atoms with Crippen molar-refractivity contribution in [2.45, 2.75) is 32.3 Å². The molecule has 1 aromatic carbocycles. The van der Waals surface area contributed by atoms with Gasteiger partial charge in [0.2, 0.25) is 0 Å². The van der Waals surface area contributed by atoms with E-state index in [4.69, 9.17) is 9.47 Å². The molecule has 0 bridgehead atoms. The second-order valence-electron chi connectivity index (χ2n) is 5.07. The average molecular weight is 234 g/mol. The second-order valence-corrected chi connectivity index (χ2v) is 5.07. The Bertz CT molecular complexity index is 402. The number of fused-ring (bicyclic) bond motifs is 2. The maximum absolute atomic E-state index is 10.2. The molecule has 3 rings (SSSR count). The third-order valence-corrected chi connectivity index (χ3v) is 4.05. The van der Waals surface area contributed by atoms with Gasteiger partial charge in [-0.3, -0.25) is 0 Å². The Morgan fingerprint density at radius 2 is 1.65 bits per heavy atom. The molecular formula is C14H18O3. The van der Waals surface area contributed by atoms with Crippen molar-refractivity contribution in [3.63, 3.8) is 0 Å². The summed E-state index contributed by atoms with van der Waals surface area (Å²) in [6.45, 7) is 5.64. The van der Waals surface area contributed by atoms with Crippen molar-refractivity contribution in [3.8, 4) is 11.5 Å². The minimum atomic E-state index is -0.378. The maximum Gasteiger partial charge on any atom is 0.161 e. The first-order chi connectivity index (χ1) is 8.18. The summed E-state index contributed by atoms with van der Waals surface area (Å²) in [7, 11) is 0. The van der Waals surface area contributed by atoms with Gasteiger partial charge in [-0.1, -0.05) is 13.8 Å². The molecule has 0 aromatic heterocycles. The number of aliphatic hydroxyl groups excluding tert-OH is 1. The topological polar surface area (TPSA) is 38.7 Å². The van der Waals surface area contributed by atoms with Crippen LogP contribution in [0.5, 0.6) is 11.5 Å². The minimum absolute atomic E-state index is 0.260. The first-order valence-electron chi connectivity index (χ1n) is 6.30. The van der Waals surface area contributed by atoms with Gasteiger partial charge in [0.1, 0.15) is 0 Å². The lowest BCUT2D eigenvalue weighted by molar-refractivity contribution is 0.123. The third-order valence-electron chi connectivity index (χ3n) is 4.05. The molecule has 1 aromatic rings. The van der Waals surface area contributed by atoms with E-state index in [-0.39, 0.29) is 12.0 Å². The third kappa shape index (κ3) is 1.61. The number of ether oxygens (including phenoxy) is 2. The molecule has 0 fully saturated rings. The molecular weight excluding hydrogens is 216 g/mol. The SMILES string of the molecule is CC1c2cc3c(cc2C(O)C1C)OCCCO3. The highest BCUT2D eigenvalue weighted by Gasteiger charge is 2.35. The monoisotopic (exact) mass is 234 g/mol. The molecule has 2 aliphatic rings. The fraction of sp³-hybridized carbons (Fsp3) is 0.571. The fourth-order valence-corrected chi connectivity index (χ4v) is 2.73. The van der Waals surface area contributed by atoms with Crippen molar-refractivity contribution < 1.29 is 14.6 Å². The van der Waals surface area contributed by atoms with Crippen molar-refractivity contribution in [2.75, 3.05) is 13.2 Å². The van der Waals surface area contributed by atoms with Gasteiger partial charge in [0.25, 0.3) is 0 Å². The van der Waals surface area contributed by atoms with Gasteiger partial charge in [-0.05, 0) is 35.1 Å². The van der Waals surface area contributed by atoms with E-state index in [1.165, 1.54) is 5.56 Å². The molecule has 0 amide bonds. The van der Waals surface area contributed by atoms with Gasteiger partial charge >= 0.3 is 0 Å². The molecule has 0 radical (unpaired) electrons. The molecule has 0 saturated carbocycles. The van der Waals surface area contributed by atoms with Crippen molar-refractivity contribution in [1.82, 2.24) is 0 Å². The van der Waals surface area contributed by atoms with E-state index in [9.17, 15) is 5.11 Å². The van der Waals surface area contributed by atoms with Crippen LogP contribution in [0.3, 0.4) is 0 Å². The molecule has 3 heteroatoms. The molecule has 92 valence electrons. The molecule has 0 saturated heterocycles. The summed E-state index contributed by atoms with van der Waals surface area (Å²) in [5.41, 5.74) is 2.21. The van der Waals surface area contributed by atoms with E-state index in [2.05, 4.69) is 13.8 Å². The van der Waals surface area contributed by atoms with Crippen LogP contribution >= 0.6 is 0 Å². The predicted octanol–water partition coefficient (Wildman–Crippen LogP) is 2.63. The van der Waals surface area contributed by atoms with E-state index < -0.39 is 0 Å². The highest BCUT2D eigenvalue weighted by molar-refractivity contribution is 5.52. The molecule has 3 nitrogen and oxygen atoms in total. The summed E-state index contributed by atoms with van der Waals surface area (Å²) in [5.74, 6) is 2.24. The van der Waals surface area contributed by atoms with Crippen LogP contribution in [0.25, 0.3) is 0 Å². The Hall–Kier alpha value is -1.22. The van der Waals surface area contributed by atoms with Crippen molar-refractivity contribution >= 4 is 0 Å². The van der Waals surface area contributed by atoms with E-state index >= 15 is 0 Å². The van der Waals surface area contributed by atoms with Crippen LogP contribution in [0.15, 0.2) is 12.1 Å². The van der Waals surface area contributed by atoms with Crippen molar-refractivity contribution in [2.24, 2.45) is 5.92 Å². The number of aliphatic hydroxyl groups is 1. The molecule has 1 aliphatic carbocycles. The highest BCUT2D eigenvalue weighted by Crippen LogP contribution is 2.48. The first-order valence-corrected chi connectivity index (χ1v) is 6.30. The standard InChI is InChI=1S/C14H18O3/c1-8-9(2)14(15)11-7-13-12(6-10(8)11)16-4-3-5-17-13/h6-9,14-15H,3-5H2,1-2H3. The number of hydrogen-bond acceptors (Lipinski definition) is 3. The molecule has 1 aliphatic heterocycles. The van der Waals surface area contributed by atoms with Crippen LogP contribution in [0.1, 0.15) is 43.4 Å². The Morgan fingerprint density at radius 1 is 1.06 bits per heavy atom. The highest BCUT2D eigenvalue weighted by atomic mass is 16.5. The zero-order valence-corrected chi connectivity index (χ0v) is 10.3. The lowest BCUT2D eigenvalue weighted by Crippen LogP contribution is -2.04. The average Bonchev–Trinajstić information content (AvgIpc) is 2.55. The molecule has 1 heterocycles. The smallest absolute Gasteiger partial charge is 0.161 e. The lowest BCUT2D eigenvalue weighted by atomic mass is 9.96. The zero-order valence-electron chi connectivity index (χ0n) is 10.3. The van der Waals surface area contributed by atoms with Crippen LogP contribution in [-0.4, -0.2) is 18.3 Å². The summed E-state index contributed by atoms with van der Waals surface area (Å²) in [6, 6.07) is 4.01. The van der Waals surface area contributed by atoms with Gasteiger partial charge in [0, 0.05) is 6.42 Å². The van der Waals surface area contributed by atoms with E-state index in [1.54, 1.807) is 0 Å². The van der Waals surface area contributed by atoms with Gasteiger partial charge in [-0.15, -0.1) is 0 Å². The van der Waals surface area contributed by atoms with E-state index in [0.29, 0.717) is 19.1 Å². The van der Waals surface area contributed by atoms with Crippen LogP contribution in [0, 0.1) is 5.92 Å². The van der Waals surface area contributed by atoms with Gasteiger partial charge in [0.15, 0.2) is 11.5 Å². The van der Waals surface area contributed by atoms with E-state index in [1.807, 2.05) is 12.1 Å². The van der Waals surface area contributed by atoms with Crippen LogP contribution < -0.4 is 9.47 Å². The molecule has 3 atom stereocenters. The summed E-state index contributed by atoms with van der Waals surface area (Å²) >= 11 is 0. The van der Waals surface area contributed by atoms with Crippen LogP contribution in [0.2, 0.25) is 0 Å². The van der Waals surface area contributed by atoms with Crippen molar-refractivity contribution in [3.05, 3.63) is 23.3 Å². The quantitative estimate of drug-likeness (QED) is 0.750. The predicted molar refractivity (Wildman–Crippen MR) is 64.6 cm³/mol. The molecule has 3 unspecified atom stereocenters. The van der Waals surface area contributed by atoms with Crippen LogP contribution in [-0.2, 0) is 0 Å². The van der Waals surface area contributed by atoms with E-state index in [0.717, 1.165) is 23.5 Å². The Balaban J connectivity index is 2.09. The lowest BCUT2D eigenvalue weighted by Gasteiger charge is -2.12. The summed E-state index contributed by atoms with van der Waals surface area (Å²) in [5, 5.41) is 10.2. The number of benzene rings is 1. The fourth-order valence-electron chi connectivity index (χ4n) is 2.73. The van der Waals surface area contributed by atoms with Gasteiger partial charge in [-0.25, -0.2) is 0 Å². The van der Waals surface area contributed by atoms with Gasteiger partial charge < -0.3 is 14.6 Å².